The Morgan fingerprint density at radius 2 is 1.72 bits per heavy atom. The van der Waals surface area contributed by atoms with Crippen molar-refractivity contribution in [1.29, 1.82) is 0 Å². The molecule has 0 aliphatic rings. The van der Waals surface area contributed by atoms with Crippen molar-refractivity contribution in [2.24, 2.45) is 0 Å². The van der Waals surface area contributed by atoms with Gasteiger partial charge >= 0.3 is 0 Å². The number of Topliss-reactive ketones (excluding diaryl/α,β-unsaturated/α-hetero) is 1. The molecule has 0 atom stereocenters. The predicted octanol–water partition coefficient (Wildman–Crippen LogP) is 4.00. The average Bonchev–Trinajstić information content (AvgIpc) is 3.41. The fourth-order valence-electron chi connectivity index (χ4n) is 3.09. The Bertz CT molecular complexity index is 1140. The smallest absolute Gasteiger partial charge is 0.267 e. The second kappa shape index (κ2) is 7.98. The molecule has 6 heteroatoms. The van der Waals surface area contributed by atoms with E-state index < -0.39 is 0 Å². The van der Waals surface area contributed by atoms with Gasteiger partial charge in [0.05, 0.1) is 11.4 Å². The molecule has 0 saturated heterocycles. The van der Waals surface area contributed by atoms with Gasteiger partial charge in [-0.25, -0.2) is 4.68 Å². The Morgan fingerprint density at radius 3 is 2.38 bits per heavy atom. The third-order valence-corrected chi connectivity index (χ3v) is 4.63. The highest BCUT2D eigenvalue weighted by atomic mass is 16.2. The van der Waals surface area contributed by atoms with Crippen LogP contribution in [0.4, 0.5) is 0 Å². The number of para-hydroxylation sites is 1. The number of rotatable bonds is 6. The van der Waals surface area contributed by atoms with Crippen molar-refractivity contribution in [3.63, 3.8) is 0 Å². The normalized spacial score (nSPS) is 10.7. The fraction of sp³-hybridized carbons (Fsp3) is 0.0870. The highest BCUT2D eigenvalue weighted by molar-refractivity contribution is 5.99. The number of nitrogens with zero attached hydrogens (tertiary/aromatic N) is 2. The Labute approximate surface area is 168 Å². The molecule has 6 nitrogen and oxygen atoms in total. The lowest BCUT2D eigenvalue weighted by Crippen LogP contribution is -2.23. The third-order valence-electron chi connectivity index (χ3n) is 4.63. The van der Waals surface area contributed by atoms with E-state index in [-0.39, 0.29) is 11.7 Å². The number of aromatic amines is 1. The first-order valence-corrected chi connectivity index (χ1v) is 9.29. The zero-order chi connectivity index (χ0) is 20.2. The van der Waals surface area contributed by atoms with Crippen molar-refractivity contribution < 1.29 is 9.59 Å². The Kier molecular flexibility index (Phi) is 5.07. The molecule has 144 valence electrons. The lowest BCUT2D eigenvalue weighted by molar-refractivity contribution is 0.0946. The number of benzene rings is 2. The molecule has 0 unspecified atom stereocenters. The fourth-order valence-corrected chi connectivity index (χ4v) is 3.09. The number of ketones is 1. The van der Waals surface area contributed by atoms with E-state index in [1.807, 2.05) is 71.5 Å². The van der Waals surface area contributed by atoms with Gasteiger partial charge in [0.15, 0.2) is 5.78 Å². The number of hydrogen-bond donors (Lipinski definition) is 2. The van der Waals surface area contributed by atoms with Gasteiger partial charge in [0.25, 0.3) is 5.91 Å². The molecule has 0 bridgehead atoms. The molecule has 0 radical (unpaired) electrons. The first kappa shape index (κ1) is 18.4. The molecule has 4 rings (SSSR count). The monoisotopic (exact) mass is 384 g/mol. The number of carbonyl (C=O) groups excluding carboxylic acids is 2. The number of carbonyl (C=O) groups is 2. The second-order valence-electron chi connectivity index (χ2n) is 6.69. The molecule has 2 aromatic carbocycles. The highest BCUT2D eigenvalue weighted by Gasteiger charge is 2.15. The summed E-state index contributed by atoms with van der Waals surface area (Å²) in [5.41, 5.74) is 4.46. The van der Waals surface area contributed by atoms with E-state index in [1.54, 1.807) is 12.3 Å². The minimum absolute atomic E-state index is 0.0872. The van der Waals surface area contributed by atoms with Crippen LogP contribution < -0.4 is 5.32 Å². The van der Waals surface area contributed by atoms with Gasteiger partial charge in [-0.05, 0) is 25.1 Å². The van der Waals surface area contributed by atoms with Gasteiger partial charge in [-0.15, -0.1) is 0 Å². The highest BCUT2D eigenvalue weighted by Crippen LogP contribution is 2.23. The zero-order valence-corrected chi connectivity index (χ0v) is 15.9. The minimum Gasteiger partial charge on any atom is -0.356 e. The van der Waals surface area contributed by atoms with E-state index in [2.05, 4.69) is 10.3 Å². The quantitative estimate of drug-likeness (QED) is 0.493. The van der Waals surface area contributed by atoms with Gasteiger partial charge in [-0.2, -0.15) is 5.10 Å². The molecule has 2 aromatic heterocycles. The molecule has 0 spiro atoms. The molecule has 29 heavy (non-hydrogen) atoms. The van der Waals surface area contributed by atoms with Crippen LogP contribution in [0.2, 0.25) is 0 Å². The van der Waals surface area contributed by atoms with E-state index >= 15 is 0 Å². The van der Waals surface area contributed by atoms with Crippen LogP contribution in [0.3, 0.4) is 0 Å². The standard InChI is InChI=1S/C23H20N4O2/c1-16(28)18-12-21(24-13-18)23(29)25-14-19-15-27(20-10-6-3-7-11-20)26-22(19)17-8-4-2-5-9-17/h2-13,15,24H,14H2,1H3,(H,25,29). The summed E-state index contributed by atoms with van der Waals surface area (Å²) in [5, 5.41) is 7.65. The second-order valence-corrected chi connectivity index (χ2v) is 6.69. The maximum absolute atomic E-state index is 12.5. The number of amides is 1. The lowest BCUT2D eigenvalue weighted by Gasteiger charge is -2.04. The number of aromatic nitrogens is 3. The SMILES string of the molecule is CC(=O)c1c[nH]c(C(=O)NCc2cn(-c3ccccc3)nc2-c2ccccc2)c1. The summed E-state index contributed by atoms with van der Waals surface area (Å²) in [5.74, 6) is -0.361. The van der Waals surface area contributed by atoms with Crippen LogP contribution in [-0.4, -0.2) is 26.5 Å². The maximum Gasteiger partial charge on any atom is 0.267 e. The summed E-state index contributed by atoms with van der Waals surface area (Å²) in [6, 6.07) is 21.2. The Morgan fingerprint density at radius 1 is 1.03 bits per heavy atom. The van der Waals surface area contributed by atoms with Crippen molar-refractivity contribution in [3.05, 3.63) is 95.9 Å². The zero-order valence-electron chi connectivity index (χ0n) is 15.9. The van der Waals surface area contributed by atoms with Crippen LogP contribution in [0.1, 0.15) is 33.3 Å². The molecule has 0 saturated carbocycles. The topological polar surface area (TPSA) is 79.8 Å². The number of nitrogens with one attached hydrogen (secondary N) is 2. The average molecular weight is 384 g/mol. The van der Waals surface area contributed by atoms with Gasteiger partial charge in [0.1, 0.15) is 5.69 Å². The largest absolute Gasteiger partial charge is 0.356 e. The Hall–Kier alpha value is -3.93. The first-order valence-electron chi connectivity index (χ1n) is 9.29. The van der Waals surface area contributed by atoms with E-state index in [9.17, 15) is 9.59 Å². The van der Waals surface area contributed by atoms with Crippen LogP contribution in [0.5, 0.6) is 0 Å². The van der Waals surface area contributed by atoms with Crippen LogP contribution in [0, 0.1) is 0 Å². The van der Waals surface area contributed by atoms with Crippen molar-refractivity contribution in [2.45, 2.75) is 13.5 Å². The van der Waals surface area contributed by atoms with Crippen LogP contribution in [0.25, 0.3) is 16.9 Å². The maximum atomic E-state index is 12.5. The van der Waals surface area contributed by atoms with Gasteiger partial charge in [-0.1, -0.05) is 48.5 Å². The summed E-state index contributed by atoms with van der Waals surface area (Å²) >= 11 is 0. The van der Waals surface area contributed by atoms with Gasteiger partial charge in [0, 0.05) is 35.6 Å². The molecular formula is C23H20N4O2. The van der Waals surface area contributed by atoms with Crippen molar-refractivity contribution in [2.75, 3.05) is 0 Å². The molecule has 1 amide bonds. The van der Waals surface area contributed by atoms with Gasteiger partial charge in [0.2, 0.25) is 0 Å². The summed E-state index contributed by atoms with van der Waals surface area (Å²) in [7, 11) is 0. The van der Waals surface area contributed by atoms with Gasteiger partial charge in [-0.3, -0.25) is 9.59 Å². The van der Waals surface area contributed by atoms with E-state index in [0.29, 0.717) is 17.8 Å². The van der Waals surface area contributed by atoms with Crippen LogP contribution in [-0.2, 0) is 6.54 Å². The van der Waals surface area contributed by atoms with Crippen molar-refractivity contribution in [1.82, 2.24) is 20.1 Å². The van der Waals surface area contributed by atoms with Crippen LogP contribution in [0.15, 0.2) is 79.1 Å². The third kappa shape index (κ3) is 4.01. The Balaban J connectivity index is 1.60. The summed E-state index contributed by atoms with van der Waals surface area (Å²) in [4.78, 5) is 26.8. The molecule has 0 fully saturated rings. The summed E-state index contributed by atoms with van der Waals surface area (Å²) in [6.07, 6.45) is 3.47. The first-order chi connectivity index (χ1) is 14.1. The van der Waals surface area contributed by atoms with Crippen molar-refractivity contribution >= 4 is 11.7 Å². The lowest BCUT2D eigenvalue weighted by atomic mass is 10.1. The summed E-state index contributed by atoms with van der Waals surface area (Å²) < 4.78 is 1.81. The molecule has 2 N–H and O–H groups in total. The molecule has 2 heterocycles. The molecule has 0 aliphatic carbocycles. The molecule has 0 aliphatic heterocycles. The van der Waals surface area contributed by atoms with E-state index in [0.717, 1.165) is 22.5 Å². The van der Waals surface area contributed by atoms with E-state index in [1.165, 1.54) is 6.92 Å². The number of H-pyrrole nitrogens is 1. The molecular weight excluding hydrogens is 364 g/mol. The van der Waals surface area contributed by atoms with Crippen LogP contribution >= 0.6 is 0 Å². The van der Waals surface area contributed by atoms with Gasteiger partial charge < -0.3 is 10.3 Å². The number of hydrogen-bond acceptors (Lipinski definition) is 3. The molecule has 4 aromatic rings. The summed E-state index contributed by atoms with van der Waals surface area (Å²) in [6.45, 7) is 1.78. The van der Waals surface area contributed by atoms with Crippen molar-refractivity contribution in [3.8, 4) is 16.9 Å². The predicted molar refractivity (Wildman–Crippen MR) is 111 cm³/mol. The van der Waals surface area contributed by atoms with E-state index in [4.69, 9.17) is 5.10 Å². The minimum atomic E-state index is -0.274.